The number of hydrogen-bond donors (Lipinski definition) is 2. The van der Waals surface area contributed by atoms with Crippen molar-refractivity contribution in [3.63, 3.8) is 0 Å². The molecule has 1 atom stereocenters. The SMILES string of the molecule is COc1cccc(OC)c1C(=O)Nc1ccc(SC(C(=O)Nc2ccccc2C)c2ccccc2)cc1. The highest BCUT2D eigenvalue weighted by molar-refractivity contribution is 8.00. The van der Waals surface area contributed by atoms with Gasteiger partial charge < -0.3 is 20.1 Å². The van der Waals surface area contributed by atoms with Crippen molar-refractivity contribution in [3.8, 4) is 11.5 Å². The normalized spacial score (nSPS) is 11.3. The molecule has 6 nitrogen and oxygen atoms in total. The first-order valence-electron chi connectivity index (χ1n) is 11.7. The van der Waals surface area contributed by atoms with E-state index >= 15 is 0 Å². The van der Waals surface area contributed by atoms with Gasteiger partial charge in [-0.15, -0.1) is 11.8 Å². The second-order valence-corrected chi connectivity index (χ2v) is 9.41. The molecule has 0 saturated carbocycles. The standard InChI is InChI=1S/C30H28N2O4S/c1-20-10-7-8-13-24(20)32-30(34)28(21-11-5-4-6-12-21)37-23-18-16-22(17-19-23)31-29(33)27-25(35-2)14-9-15-26(27)36-3/h4-19,28H,1-3H3,(H,31,33)(H,32,34). The first-order chi connectivity index (χ1) is 18.0. The molecule has 0 aliphatic rings. The van der Waals surface area contributed by atoms with Crippen molar-refractivity contribution in [2.24, 2.45) is 0 Å². The van der Waals surface area contributed by atoms with Crippen LogP contribution in [0.5, 0.6) is 11.5 Å². The topological polar surface area (TPSA) is 76.7 Å². The summed E-state index contributed by atoms with van der Waals surface area (Å²) in [5, 5.41) is 5.50. The number of hydrogen-bond acceptors (Lipinski definition) is 5. The molecule has 2 N–H and O–H groups in total. The lowest BCUT2D eigenvalue weighted by Crippen LogP contribution is -2.19. The lowest BCUT2D eigenvalue weighted by Gasteiger charge is -2.18. The molecule has 37 heavy (non-hydrogen) atoms. The van der Waals surface area contributed by atoms with Crippen LogP contribution in [0.15, 0.2) is 102 Å². The molecule has 0 bridgehead atoms. The smallest absolute Gasteiger partial charge is 0.263 e. The van der Waals surface area contributed by atoms with Gasteiger partial charge in [-0.3, -0.25) is 9.59 Å². The molecule has 7 heteroatoms. The molecule has 0 radical (unpaired) electrons. The average molecular weight is 513 g/mol. The summed E-state index contributed by atoms with van der Waals surface area (Å²) >= 11 is 1.45. The third kappa shape index (κ3) is 6.32. The molecule has 188 valence electrons. The summed E-state index contributed by atoms with van der Waals surface area (Å²) in [7, 11) is 3.02. The van der Waals surface area contributed by atoms with Gasteiger partial charge >= 0.3 is 0 Å². The first-order valence-corrected chi connectivity index (χ1v) is 12.6. The average Bonchev–Trinajstić information content (AvgIpc) is 2.93. The van der Waals surface area contributed by atoms with Gasteiger partial charge in [0.15, 0.2) is 0 Å². The Labute approximate surface area is 221 Å². The molecule has 1 unspecified atom stereocenters. The number of ether oxygens (including phenoxy) is 2. The van der Waals surface area contributed by atoms with E-state index in [1.165, 1.54) is 26.0 Å². The lowest BCUT2D eigenvalue weighted by molar-refractivity contribution is -0.115. The van der Waals surface area contributed by atoms with Gasteiger partial charge in [0.25, 0.3) is 5.91 Å². The van der Waals surface area contributed by atoms with E-state index in [0.29, 0.717) is 22.7 Å². The van der Waals surface area contributed by atoms with Crippen LogP contribution in [0.2, 0.25) is 0 Å². The highest BCUT2D eigenvalue weighted by Gasteiger charge is 2.23. The van der Waals surface area contributed by atoms with Crippen molar-refractivity contribution in [2.45, 2.75) is 17.1 Å². The van der Waals surface area contributed by atoms with Gasteiger partial charge in [0.2, 0.25) is 5.91 Å². The van der Waals surface area contributed by atoms with Crippen LogP contribution >= 0.6 is 11.8 Å². The zero-order chi connectivity index (χ0) is 26.2. The van der Waals surface area contributed by atoms with E-state index in [1.807, 2.05) is 85.8 Å². The van der Waals surface area contributed by atoms with Crippen LogP contribution in [0.4, 0.5) is 11.4 Å². The first kappa shape index (κ1) is 25.9. The number of para-hydroxylation sites is 1. The number of carbonyl (C=O) groups is 2. The van der Waals surface area contributed by atoms with Crippen molar-refractivity contribution >= 4 is 35.0 Å². The Morgan fingerprint density at radius 3 is 1.97 bits per heavy atom. The molecule has 4 rings (SSSR count). The lowest BCUT2D eigenvalue weighted by atomic mass is 10.1. The quantitative estimate of drug-likeness (QED) is 0.243. The van der Waals surface area contributed by atoms with Gasteiger partial charge in [-0.2, -0.15) is 0 Å². The minimum atomic E-state index is -0.459. The number of carbonyl (C=O) groups excluding carboxylic acids is 2. The predicted molar refractivity (Wildman–Crippen MR) is 149 cm³/mol. The Balaban J connectivity index is 1.52. The molecule has 0 heterocycles. The van der Waals surface area contributed by atoms with Crippen LogP contribution in [0, 0.1) is 6.92 Å². The summed E-state index contributed by atoms with van der Waals surface area (Å²) < 4.78 is 10.7. The molecule has 0 fully saturated rings. The van der Waals surface area contributed by atoms with Crippen molar-refractivity contribution in [1.82, 2.24) is 0 Å². The number of anilines is 2. The van der Waals surface area contributed by atoms with Crippen LogP contribution in [-0.4, -0.2) is 26.0 Å². The van der Waals surface area contributed by atoms with Crippen LogP contribution in [0.3, 0.4) is 0 Å². The molecular weight excluding hydrogens is 484 g/mol. The Morgan fingerprint density at radius 2 is 1.35 bits per heavy atom. The Bertz CT molecular complexity index is 1350. The Morgan fingerprint density at radius 1 is 0.730 bits per heavy atom. The van der Waals surface area contributed by atoms with E-state index < -0.39 is 5.25 Å². The molecular formula is C30H28N2O4S. The third-order valence-corrected chi connectivity index (χ3v) is 7.03. The van der Waals surface area contributed by atoms with E-state index in [1.54, 1.807) is 18.2 Å². The molecule has 0 saturated heterocycles. The van der Waals surface area contributed by atoms with Crippen LogP contribution in [0.1, 0.15) is 26.7 Å². The van der Waals surface area contributed by atoms with Crippen molar-refractivity contribution < 1.29 is 19.1 Å². The number of benzene rings is 4. The number of aryl methyl sites for hydroxylation is 1. The summed E-state index contributed by atoms with van der Waals surface area (Å²) in [6.07, 6.45) is 0. The zero-order valence-electron chi connectivity index (χ0n) is 20.9. The van der Waals surface area contributed by atoms with Gasteiger partial charge in [-0.25, -0.2) is 0 Å². The molecule has 0 aliphatic carbocycles. The maximum atomic E-state index is 13.3. The highest BCUT2D eigenvalue weighted by Crippen LogP contribution is 2.37. The largest absolute Gasteiger partial charge is 0.496 e. The molecule has 0 aromatic heterocycles. The van der Waals surface area contributed by atoms with Gasteiger partial charge in [0.1, 0.15) is 22.3 Å². The zero-order valence-corrected chi connectivity index (χ0v) is 21.7. The maximum Gasteiger partial charge on any atom is 0.263 e. The molecule has 4 aromatic rings. The van der Waals surface area contributed by atoms with E-state index in [0.717, 1.165) is 21.7 Å². The van der Waals surface area contributed by atoms with Gasteiger partial charge in [0.05, 0.1) is 14.2 Å². The minimum absolute atomic E-state index is 0.105. The number of thioether (sulfide) groups is 1. The second-order valence-electron chi connectivity index (χ2n) is 8.23. The number of nitrogens with one attached hydrogen (secondary N) is 2. The van der Waals surface area contributed by atoms with Gasteiger partial charge in [-0.05, 0) is 60.5 Å². The molecule has 0 aliphatic heterocycles. The predicted octanol–water partition coefficient (Wildman–Crippen LogP) is 6.74. The van der Waals surface area contributed by atoms with E-state index in [4.69, 9.17) is 9.47 Å². The van der Waals surface area contributed by atoms with Crippen LogP contribution < -0.4 is 20.1 Å². The second kappa shape index (κ2) is 12.1. The molecule has 4 aromatic carbocycles. The summed E-state index contributed by atoms with van der Waals surface area (Å²) in [5.41, 5.74) is 3.63. The van der Waals surface area contributed by atoms with Gasteiger partial charge in [-0.1, -0.05) is 54.6 Å². The number of rotatable bonds is 9. The van der Waals surface area contributed by atoms with Crippen LogP contribution in [-0.2, 0) is 4.79 Å². The molecule has 2 amide bonds. The summed E-state index contributed by atoms with van der Waals surface area (Å²) in [5.74, 6) is 0.407. The van der Waals surface area contributed by atoms with E-state index in [9.17, 15) is 9.59 Å². The fourth-order valence-electron chi connectivity index (χ4n) is 3.83. The summed E-state index contributed by atoms with van der Waals surface area (Å²) in [4.78, 5) is 27.2. The van der Waals surface area contributed by atoms with Crippen molar-refractivity contribution in [2.75, 3.05) is 24.9 Å². The highest BCUT2D eigenvalue weighted by atomic mass is 32.2. The third-order valence-electron chi connectivity index (χ3n) is 5.76. The minimum Gasteiger partial charge on any atom is -0.496 e. The number of amides is 2. The fraction of sp³-hybridized carbons (Fsp3) is 0.133. The maximum absolute atomic E-state index is 13.3. The van der Waals surface area contributed by atoms with E-state index in [2.05, 4.69) is 10.6 Å². The van der Waals surface area contributed by atoms with E-state index in [-0.39, 0.29) is 11.8 Å². The number of methoxy groups -OCH3 is 2. The summed E-state index contributed by atoms with van der Waals surface area (Å²) in [6, 6.07) is 30.0. The van der Waals surface area contributed by atoms with Crippen LogP contribution in [0.25, 0.3) is 0 Å². The van der Waals surface area contributed by atoms with Gasteiger partial charge in [0, 0.05) is 16.3 Å². The molecule has 0 spiro atoms. The fourth-order valence-corrected chi connectivity index (χ4v) is 4.86. The summed E-state index contributed by atoms with van der Waals surface area (Å²) in [6.45, 7) is 1.97. The van der Waals surface area contributed by atoms with Crippen molar-refractivity contribution in [1.29, 1.82) is 0 Å². The van der Waals surface area contributed by atoms with Crippen molar-refractivity contribution in [3.05, 3.63) is 114 Å². The Kier molecular flexibility index (Phi) is 8.48. The Hall–Kier alpha value is -4.23. The monoisotopic (exact) mass is 512 g/mol.